The number of nitrogens with one attached hydrogen (secondary N) is 2. The molecule has 0 saturated carbocycles. The van der Waals surface area contributed by atoms with Crippen LogP contribution < -0.4 is 10.6 Å². The van der Waals surface area contributed by atoms with Crippen molar-refractivity contribution in [3.05, 3.63) is 53.9 Å². The summed E-state index contributed by atoms with van der Waals surface area (Å²) in [4.78, 5) is 18.8. The standard InChI is InChI=1S/C20H26N4O2/c1-2-16-3-5-17(6-4-16)23-18-7-8-21-19(15-18)20(25)22-9-10-24-11-13-26-14-12-24/h3-8,15H,2,9-14H2,1H3,(H,21,23)(H,22,25). The van der Waals surface area contributed by atoms with Crippen molar-refractivity contribution in [1.29, 1.82) is 0 Å². The molecule has 26 heavy (non-hydrogen) atoms. The van der Waals surface area contributed by atoms with Gasteiger partial charge in [0.15, 0.2) is 0 Å². The number of amides is 1. The van der Waals surface area contributed by atoms with E-state index in [-0.39, 0.29) is 5.91 Å². The van der Waals surface area contributed by atoms with E-state index in [0.29, 0.717) is 12.2 Å². The van der Waals surface area contributed by atoms with Crippen LogP contribution in [0.4, 0.5) is 11.4 Å². The Labute approximate surface area is 154 Å². The summed E-state index contributed by atoms with van der Waals surface area (Å²) < 4.78 is 5.33. The van der Waals surface area contributed by atoms with Crippen molar-refractivity contribution < 1.29 is 9.53 Å². The molecular formula is C20H26N4O2. The Morgan fingerprint density at radius 1 is 1.15 bits per heavy atom. The van der Waals surface area contributed by atoms with Gasteiger partial charge in [-0.2, -0.15) is 0 Å². The highest BCUT2D eigenvalue weighted by molar-refractivity contribution is 5.93. The third kappa shape index (κ3) is 5.28. The first kappa shape index (κ1) is 18.4. The number of hydrogen-bond acceptors (Lipinski definition) is 5. The number of aryl methyl sites for hydroxylation is 1. The van der Waals surface area contributed by atoms with Crippen LogP contribution in [-0.2, 0) is 11.2 Å². The van der Waals surface area contributed by atoms with Crippen LogP contribution in [0.2, 0.25) is 0 Å². The van der Waals surface area contributed by atoms with Crippen LogP contribution in [0.1, 0.15) is 23.0 Å². The van der Waals surface area contributed by atoms with E-state index in [4.69, 9.17) is 4.74 Å². The fourth-order valence-electron chi connectivity index (χ4n) is 2.87. The second-order valence-corrected chi connectivity index (χ2v) is 6.32. The minimum atomic E-state index is -0.150. The first-order chi connectivity index (χ1) is 12.7. The number of pyridine rings is 1. The molecule has 1 saturated heterocycles. The normalized spacial score (nSPS) is 14.8. The molecule has 6 heteroatoms. The van der Waals surface area contributed by atoms with Crippen molar-refractivity contribution in [3.8, 4) is 0 Å². The van der Waals surface area contributed by atoms with Crippen LogP contribution in [0.15, 0.2) is 42.6 Å². The first-order valence-corrected chi connectivity index (χ1v) is 9.15. The van der Waals surface area contributed by atoms with E-state index in [1.165, 1.54) is 5.56 Å². The molecule has 0 radical (unpaired) electrons. The van der Waals surface area contributed by atoms with Gasteiger partial charge in [-0.1, -0.05) is 19.1 Å². The minimum absolute atomic E-state index is 0.150. The topological polar surface area (TPSA) is 66.5 Å². The molecule has 0 bridgehead atoms. The van der Waals surface area contributed by atoms with Crippen LogP contribution in [0.5, 0.6) is 0 Å². The molecule has 1 fully saturated rings. The second-order valence-electron chi connectivity index (χ2n) is 6.32. The summed E-state index contributed by atoms with van der Waals surface area (Å²) in [6, 6.07) is 11.9. The van der Waals surface area contributed by atoms with E-state index in [2.05, 4.69) is 39.6 Å². The van der Waals surface area contributed by atoms with Crippen molar-refractivity contribution in [3.63, 3.8) is 0 Å². The van der Waals surface area contributed by atoms with Crippen LogP contribution in [-0.4, -0.2) is 55.2 Å². The van der Waals surface area contributed by atoms with E-state index < -0.39 is 0 Å². The fourth-order valence-corrected chi connectivity index (χ4v) is 2.87. The highest BCUT2D eigenvalue weighted by Crippen LogP contribution is 2.17. The Kier molecular flexibility index (Phi) is 6.57. The molecular weight excluding hydrogens is 328 g/mol. The molecule has 6 nitrogen and oxygen atoms in total. The van der Waals surface area contributed by atoms with Crippen LogP contribution in [0.25, 0.3) is 0 Å². The Morgan fingerprint density at radius 3 is 2.65 bits per heavy atom. The number of rotatable bonds is 7. The summed E-state index contributed by atoms with van der Waals surface area (Å²) in [6.07, 6.45) is 2.67. The summed E-state index contributed by atoms with van der Waals surface area (Å²) in [5, 5.41) is 6.26. The van der Waals surface area contributed by atoms with Crippen molar-refractivity contribution in [2.75, 3.05) is 44.7 Å². The summed E-state index contributed by atoms with van der Waals surface area (Å²) >= 11 is 0. The zero-order chi connectivity index (χ0) is 18.2. The molecule has 2 aromatic rings. The van der Waals surface area contributed by atoms with E-state index in [1.54, 1.807) is 12.3 Å². The Morgan fingerprint density at radius 2 is 1.92 bits per heavy atom. The van der Waals surface area contributed by atoms with Crippen molar-refractivity contribution in [1.82, 2.24) is 15.2 Å². The number of nitrogens with zero attached hydrogens (tertiary/aromatic N) is 2. The molecule has 0 atom stereocenters. The van der Waals surface area contributed by atoms with Gasteiger partial charge in [0, 0.05) is 43.8 Å². The largest absolute Gasteiger partial charge is 0.379 e. The van der Waals surface area contributed by atoms with Crippen LogP contribution in [0.3, 0.4) is 0 Å². The van der Waals surface area contributed by atoms with Gasteiger partial charge < -0.3 is 15.4 Å². The third-order valence-electron chi connectivity index (χ3n) is 4.46. The smallest absolute Gasteiger partial charge is 0.269 e. The first-order valence-electron chi connectivity index (χ1n) is 9.15. The molecule has 2 N–H and O–H groups in total. The number of benzene rings is 1. The van der Waals surface area contributed by atoms with Gasteiger partial charge in [0.1, 0.15) is 5.69 Å². The maximum absolute atomic E-state index is 12.3. The lowest BCUT2D eigenvalue weighted by Gasteiger charge is -2.26. The van der Waals surface area contributed by atoms with Gasteiger partial charge in [-0.3, -0.25) is 14.7 Å². The number of carbonyl (C=O) groups is 1. The molecule has 2 heterocycles. The Bertz CT molecular complexity index is 712. The lowest BCUT2D eigenvalue weighted by molar-refractivity contribution is 0.0383. The maximum Gasteiger partial charge on any atom is 0.269 e. The Hall–Kier alpha value is -2.44. The molecule has 1 aliphatic heterocycles. The van der Waals surface area contributed by atoms with E-state index in [9.17, 15) is 4.79 Å². The number of hydrogen-bond donors (Lipinski definition) is 2. The molecule has 1 amide bonds. The monoisotopic (exact) mass is 354 g/mol. The molecule has 0 aliphatic carbocycles. The van der Waals surface area contributed by atoms with Crippen molar-refractivity contribution >= 4 is 17.3 Å². The van der Waals surface area contributed by atoms with Gasteiger partial charge in [0.2, 0.25) is 0 Å². The number of aromatic nitrogens is 1. The van der Waals surface area contributed by atoms with Crippen molar-refractivity contribution in [2.24, 2.45) is 0 Å². The van der Waals surface area contributed by atoms with E-state index in [0.717, 1.165) is 50.6 Å². The zero-order valence-electron chi connectivity index (χ0n) is 15.2. The molecule has 0 unspecified atom stereocenters. The van der Waals surface area contributed by atoms with Crippen LogP contribution >= 0.6 is 0 Å². The van der Waals surface area contributed by atoms with Crippen LogP contribution in [0, 0.1) is 0 Å². The summed E-state index contributed by atoms with van der Waals surface area (Å²) in [5.74, 6) is -0.150. The van der Waals surface area contributed by atoms with Gasteiger partial charge in [0.05, 0.1) is 13.2 Å². The van der Waals surface area contributed by atoms with E-state index in [1.807, 2.05) is 18.2 Å². The van der Waals surface area contributed by atoms with E-state index >= 15 is 0 Å². The lowest BCUT2D eigenvalue weighted by Crippen LogP contribution is -2.41. The molecule has 1 aromatic heterocycles. The average molecular weight is 354 g/mol. The van der Waals surface area contributed by atoms with Gasteiger partial charge in [-0.05, 0) is 36.2 Å². The molecule has 0 spiro atoms. The number of carbonyl (C=O) groups excluding carboxylic acids is 1. The molecule has 1 aromatic carbocycles. The summed E-state index contributed by atoms with van der Waals surface area (Å²) in [6.45, 7) is 6.95. The quantitative estimate of drug-likeness (QED) is 0.799. The van der Waals surface area contributed by atoms with Gasteiger partial charge in [-0.25, -0.2) is 0 Å². The zero-order valence-corrected chi connectivity index (χ0v) is 15.2. The number of anilines is 2. The maximum atomic E-state index is 12.3. The fraction of sp³-hybridized carbons (Fsp3) is 0.400. The van der Waals surface area contributed by atoms with Crippen molar-refractivity contribution in [2.45, 2.75) is 13.3 Å². The molecule has 3 rings (SSSR count). The summed E-state index contributed by atoms with van der Waals surface area (Å²) in [7, 11) is 0. The predicted octanol–water partition coefficient (Wildman–Crippen LogP) is 2.45. The average Bonchev–Trinajstić information content (AvgIpc) is 2.69. The highest BCUT2D eigenvalue weighted by atomic mass is 16.5. The second kappa shape index (κ2) is 9.31. The number of morpholine rings is 1. The highest BCUT2D eigenvalue weighted by Gasteiger charge is 2.12. The molecule has 138 valence electrons. The minimum Gasteiger partial charge on any atom is -0.379 e. The van der Waals surface area contributed by atoms with Gasteiger partial charge in [-0.15, -0.1) is 0 Å². The predicted molar refractivity (Wildman–Crippen MR) is 103 cm³/mol. The summed E-state index contributed by atoms with van der Waals surface area (Å²) in [5.41, 5.74) is 3.56. The lowest BCUT2D eigenvalue weighted by atomic mass is 10.1. The van der Waals surface area contributed by atoms with Gasteiger partial charge >= 0.3 is 0 Å². The Balaban J connectivity index is 1.52. The SMILES string of the molecule is CCc1ccc(Nc2ccnc(C(=O)NCCN3CCOCC3)c2)cc1. The third-order valence-corrected chi connectivity index (χ3v) is 4.46. The van der Waals surface area contributed by atoms with Gasteiger partial charge in [0.25, 0.3) is 5.91 Å². The molecule has 1 aliphatic rings. The number of ether oxygens (including phenoxy) is 1.